The number of aryl methyl sites for hydroxylation is 1. The summed E-state index contributed by atoms with van der Waals surface area (Å²) in [5, 5.41) is 4.05. The molecule has 2 nitrogen and oxygen atoms in total. The third kappa shape index (κ3) is 2.56. The summed E-state index contributed by atoms with van der Waals surface area (Å²) in [6.45, 7) is 9.12. The van der Waals surface area contributed by atoms with Crippen molar-refractivity contribution in [3.05, 3.63) is 17.7 Å². The molecule has 1 rings (SSSR count). The quantitative estimate of drug-likeness (QED) is 0.726. The van der Waals surface area contributed by atoms with E-state index in [1.54, 1.807) is 4.68 Å². The lowest BCUT2D eigenvalue weighted by Crippen LogP contribution is -2.09. The summed E-state index contributed by atoms with van der Waals surface area (Å²) in [4.78, 5) is 0. The van der Waals surface area contributed by atoms with E-state index in [4.69, 9.17) is 0 Å². The van der Waals surface area contributed by atoms with Crippen molar-refractivity contribution in [2.45, 2.75) is 46.6 Å². The van der Waals surface area contributed by atoms with Gasteiger partial charge in [0.15, 0.2) is 5.82 Å². The van der Waals surface area contributed by atoms with Crippen molar-refractivity contribution in [1.82, 2.24) is 9.78 Å². The van der Waals surface area contributed by atoms with Crippen molar-refractivity contribution >= 4 is 0 Å². The predicted molar refractivity (Wildman–Crippen MR) is 55.7 cm³/mol. The lowest BCUT2D eigenvalue weighted by Gasteiger charge is -2.11. The molecule has 1 aromatic heterocycles. The van der Waals surface area contributed by atoms with Gasteiger partial charge in [-0.3, -0.25) is 4.68 Å². The molecule has 0 bridgehead atoms. The van der Waals surface area contributed by atoms with Crippen LogP contribution in [0.2, 0.25) is 0 Å². The first-order valence-electron chi connectivity index (χ1n) is 5.23. The second-order valence-electron chi connectivity index (χ2n) is 4.44. The highest BCUT2D eigenvalue weighted by Crippen LogP contribution is 2.18. The summed E-state index contributed by atoms with van der Waals surface area (Å²) in [7, 11) is 0. The maximum atomic E-state index is 13.3. The SMILES string of the molecule is CC(C)CCn1ncc(F)c1C(C)C. The van der Waals surface area contributed by atoms with E-state index in [9.17, 15) is 4.39 Å². The fourth-order valence-electron chi connectivity index (χ4n) is 1.50. The van der Waals surface area contributed by atoms with E-state index in [1.165, 1.54) is 6.20 Å². The van der Waals surface area contributed by atoms with Crippen LogP contribution in [0.4, 0.5) is 4.39 Å². The summed E-state index contributed by atoms with van der Waals surface area (Å²) in [5.74, 6) is 0.649. The van der Waals surface area contributed by atoms with Gasteiger partial charge in [0.1, 0.15) is 0 Å². The smallest absolute Gasteiger partial charge is 0.164 e. The molecule has 0 fully saturated rings. The zero-order chi connectivity index (χ0) is 10.7. The van der Waals surface area contributed by atoms with Gasteiger partial charge in [-0.25, -0.2) is 4.39 Å². The maximum Gasteiger partial charge on any atom is 0.164 e. The minimum Gasteiger partial charge on any atom is -0.266 e. The van der Waals surface area contributed by atoms with Gasteiger partial charge >= 0.3 is 0 Å². The van der Waals surface area contributed by atoms with Gasteiger partial charge in [0, 0.05) is 6.54 Å². The van der Waals surface area contributed by atoms with Crippen LogP contribution in [0.3, 0.4) is 0 Å². The van der Waals surface area contributed by atoms with Gasteiger partial charge in [-0.15, -0.1) is 0 Å². The van der Waals surface area contributed by atoms with Crippen LogP contribution in [0.15, 0.2) is 6.20 Å². The second kappa shape index (κ2) is 4.58. The van der Waals surface area contributed by atoms with E-state index < -0.39 is 0 Å². The van der Waals surface area contributed by atoms with Crippen molar-refractivity contribution in [2.24, 2.45) is 5.92 Å². The normalized spacial score (nSPS) is 11.6. The van der Waals surface area contributed by atoms with Crippen LogP contribution in [0.25, 0.3) is 0 Å². The first-order chi connectivity index (χ1) is 6.52. The Hall–Kier alpha value is -0.860. The summed E-state index contributed by atoms with van der Waals surface area (Å²) >= 11 is 0. The molecule has 1 aromatic rings. The van der Waals surface area contributed by atoms with E-state index in [-0.39, 0.29) is 11.7 Å². The molecule has 0 aliphatic carbocycles. The zero-order valence-corrected chi connectivity index (χ0v) is 9.42. The molecule has 0 aliphatic heterocycles. The van der Waals surface area contributed by atoms with Crippen LogP contribution < -0.4 is 0 Å². The number of halogens is 1. The van der Waals surface area contributed by atoms with Gasteiger partial charge < -0.3 is 0 Å². The van der Waals surface area contributed by atoms with E-state index in [0.29, 0.717) is 5.92 Å². The third-order valence-electron chi connectivity index (χ3n) is 2.30. The second-order valence-corrected chi connectivity index (χ2v) is 4.44. The van der Waals surface area contributed by atoms with Gasteiger partial charge in [-0.2, -0.15) is 5.10 Å². The van der Waals surface area contributed by atoms with Gasteiger partial charge in [0.05, 0.1) is 11.9 Å². The Balaban J connectivity index is 2.76. The molecule has 3 heteroatoms. The number of hydrogen-bond donors (Lipinski definition) is 0. The van der Waals surface area contributed by atoms with Crippen LogP contribution in [-0.4, -0.2) is 9.78 Å². The van der Waals surface area contributed by atoms with Crippen molar-refractivity contribution < 1.29 is 4.39 Å². The highest BCUT2D eigenvalue weighted by atomic mass is 19.1. The largest absolute Gasteiger partial charge is 0.266 e. The predicted octanol–water partition coefficient (Wildman–Crippen LogP) is 3.19. The average Bonchev–Trinajstić information content (AvgIpc) is 2.43. The molecule has 0 spiro atoms. The molecule has 0 amide bonds. The standard InChI is InChI=1S/C11H19FN2/c1-8(2)5-6-14-11(9(3)4)10(12)7-13-14/h7-9H,5-6H2,1-4H3. The van der Waals surface area contributed by atoms with Crippen LogP contribution in [-0.2, 0) is 6.54 Å². The van der Waals surface area contributed by atoms with Crippen LogP contribution in [0.5, 0.6) is 0 Å². The minimum absolute atomic E-state index is 0.177. The Morgan fingerprint density at radius 2 is 2.00 bits per heavy atom. The fourth-order valence-corrected chi connectivity index (χ4v) is 1.50. The molecular formula is C11H19FN2. The van der Waals surface area contributed by atoms with Crippen molar-refractivity contribution in [3.63, 3.8) is 0 Å². The molecule has 1 heterocycles. The first kappa shape index (κ1) is 11.2. The summed E-state index contributed by atoms with van der Waals surface area (Å²) in [6.07, 6.45) is 2.36. The van der Waals surface area contributed by atoms with Gasteiger partial charge in [-0.05, 0) is 18.3 Å². The monoisotopic (exact) mass is 198 g/mol. The van der Waals surface area contributed by atoms with E-state index >= 15 is 0 Å². The molecule has 0 N–H and O–H groups in total. The zero-order valence-electron chi connectivity index (χ0n) is 9.42. The molecule has 0 saturated carbocycles. The number of rotatable bonds is 4. The molecule has 0 aliphatic rings. The van der Waals surface area contributed by atoms with Crippen LogP contribution >= 0.6 is 0 Å². The lowest BCUT2D eigenvalue weighted by molar-refractivity contribution is 0.462. The highest BCUT2D eigenvalue weighted by Gasteiger charge is 2.13. The Bertz CT molecular complexity index is 289. The molecule has 14 heavy (non-hydrogen) atoms. The summed E-state index contributed by atoms with van der Waals surface area (Å²) < 4.78 is 15.1. The van der Waals surface area contributed by atoms with E-state index in [2.05, 4.69) is 18.9 Å². The Kier molecular flexibility index (Phi) is 3.67. The summed E-state index contributed by atoms with van der Waals surface area (Å²) in [5.41, 5.74) is 0.727. The van der Waals surface area contributed by atoms with E-state index in [0.717, 1.165) is 18.7 Å². The molecule has 0 unspecified atom stereocenters. The third-order valence-corrected chi connectivity index (χ3v) is 2.30. The number of nitrogens with zero attached hydrogens (tertiary/aromatic N) is 2. The topological polar surface area (TPSA) is 17.8 Å². The van der Waals surface area contributed by atoms with E-state index in [1.807, 2.05) is 13.8 Å². The summed E-state index contributed by atoms with van der Waals surface area (Å²) in [6, 6.07) is 0. The first-order valence-corrected chi connectivity index (χ1v) is 5.23. The van der Waals surface area contributed by atoms with Gasteiger partial charge in [0.2, 0.25) is 0 Å². The fraction of sp³-hybridized carbons (Fsp3) is 0.727. The molecule has 0 radical (unpaired) electrons. The number of hydrogen-bond acceptors (Lipinski definition) is 1. The Labute approximate surface area is 85.1 Å². The van der Waals surface area contributed by atoms with Gasteiger partial charge in [0.25, 0.3) is 0 Å². The molecule has 0 aromatic carbocycles. The molecule has 80 valence electrons. The van der Waals surface area contributed by atoms with Crippen molar-refractivity contribution in [1.29, 1.82) is 0 Å². The average molecular weight is 198 g/mol. The Morgan fingerprint density at radius 3 is 2.50 bits per heavy atom. The van der Waals surface area contributed by atoms with Gasteiger partial charge in [-0.1, -0.05) is 27.7 Å². The molecule has 0 atom stereocenters. The number of aromatic nitrogens is 2. The van der Waals surface area contributed by atoms with Crippen molar-refractivity contribution in [2.75, 3.05) is 0 Å². The highest BCUT2D eigenvalue weighted by molar-refractivity contribution is 5.08. The van der Waals surface area contributed by atoms with Crippen LogP contribution in [0.1, 0.15) is 45.7 Å². The van der Waals surface area contributed by atoms with Crippen LogP contribution in [0, 0.1) is 11.7 Å². The molecular weight excluding hydrogens is 179 g/mol. The Morgan fingerprint density at radius 1 is 1.36 bits per heavy atom. The minimum atomic E-state index is -0.177. The maximum absolute atomic E-state index is 13.3. The lowest BCUT2D eigenvalue weighted by atomic mass is 10.1. The van der Waals surface area contributed by atoms with Crippen molar-refractivity contribution in [3.8, 4) is 0 Å². The molecule has 0 saturated heterocycles.